The van der Waals surface area contributed by atoms with Crippen molar-refractivity contribution in [2.24, 2.45) is 5.73 Å². The molecule has 1 aromatic carbocycles. The number of pyridine rings is 1. The molecule has 0 saturated carbocycles. The molecule has 3 N–H and O–H groups in total. The summed E-state index contributed by atoms with van der Waals surface area (Å²) in [5.41, 5.74) is 11.1. The summed E-state index contributed by atoms with van der Waals surface area (Å²) in [6.07, 6.45) is 2.93. The van der Waals surface area contributed by atoms with Gasteiger partial charge >= 0.3 is 5.97 Å². The lowest BCUT2D eigenvalue weighted by Crippen LogP contribution is -2.30. The Hall–Kier alpha value is -1.62. The summed E-state index contributed by atoms with van der Waals surface area (Å²) in [6, 6.07) is 9.39. The Morgan fingerprint density at radius 3 is 2.35 bits per heavy atom. The van der Waals surface area contributed by atoms with Crippen molar-refractivity contribution < 1.29 is 9.90 Å². The number of nitrogens with two attached hydrogens (primary N) is 1. The van der Waals surface area contributed by atoms with Crippen molar-refractivity contribution in [1.82, 2.24) is 4.98 Å². The van der Waals surface area contributed by atoms with E-state index in [2.05, 4.69) is 24.0 Å². The third-order valence-corrected chi connectivity index (χ3v) is 3.78. The van der Waals surface area contributed by atoms with Crippen molar-refractivity contribution in [3.63, 3.8) is 0 Å². The van der Waals surface area contributed by atoms with Gasteiger partial charge in [0, 0.05) is 11.9 Å². The quantitative estimate of drug-likeness (QED) is 0.858. The fourth-order valence-corrected chi connectivity index (χ4v) is 2.25. The SMILES string of the molecule is Cc1nccc(-c2ccc(CC[C@H](N)C(=O)O)cc2)c1C.Cl.Cl. The highest BCUT2D eigenvalue weighted by molar-refractivity contribution is 5.85. The number of halogens is 2. The second kappa shape index (κ2) is 9.50. The predicted molar refractivity (Wildman–Crippen MR) is 97.6 cm³/mol. The van der Waals surface area contributed by atoms with Gasteiger partial charge in [-0.2, -0.15) is 0 Å². The summed E-state index contributed by atoms with van der Waals surface area (Å²) < 4.78 is 0. The van der Waals surface area contributed by atoms with E-state index in [9.17, 15) is 4.79 Å². The summed E-state index contributed by atoms with van der Waals surface area (Å²) in [5, 5.41) is 8.78. The van der Waals surface area contributed by atoms with Crippen molar-refractivity contribution in [1.29, 1.82) is 0 Å². The molecular formula is C17H22Cl2N2O2. The average Bonchev–Trinajstić information content (AvgIpc) is 2.48. The lowest BCUT2D eigenvalue weighted by Gasteiger charge is -2.10. The van der Waals surface area contributed by atoms with Gasteiger partial charge in [-0.05, 0) is 55.0 Å². The van der Waals surface area contributed by atoms with Crippen LogP contribution in [0.25, 0.3) is 11.1 Å². The van der Waals surface area contributed by atoms with E-state index in [1.807, 2.05) is 31.3 Å². The number of aryl methyl sites for hydroxylation is 2. The monoisotopic (exact) mass is 356 g/mol. The third kappa shape index (κ3) is 5.50. The van der Waals surface area contributed by atoms with Crippen molar-refractivity contribution in [2.75, 3.05) is 0 Å². The second-order valence-electron chi connectivity index (χ2n) is 5.25. The molecule has 0 fully saturated rings. The molecule has 4 nitrogen and oxygen atoms in total. The van der Waals surface area contributed by atoms with E-state index in [0.717, 1.165) is 16.8 Å². The number of carbonyl (C=O) groups is 1. The van der Waals surface area contributed by atoms with Crippen LogP contribution in [0, 0.1) is 13.8 Å². The van der Waals surface area contributed by atoms with Gasteiger partial charge in [-0.15, -0.1) is 24.8 Å². The molecule has 0 radical (unpaired) electrons. The number of hydrogen-bond acceptors (Lipinski definition) is 3. The Balaban J connectivity index is 0.00000242. The van der Waals surface area contributed by atoms with Gasteiger partial charge in [0.25, 0.3) is 0 Å². The minimum absolute atomic E-state index is 0. The molecule has 1 atom stereocenters. The van der Waals surface area contributed by atoms with Gasteiger partial charge < -0.3 is 10.8 Å². The Morgan fingerprint density at radius 1 is 1.17 bits per heavy atom. The second-order valence-corrected chi connectivity index (χ2v) is 5.25. The minimum atomic E-state index is -0.950. The van der Waals surface area contributed by atoms with Crippen LogP contribution >= 0.6 is 24.8 Å². The molecule has 23 heavy (non-hydrogen) atoms. The van der Waals surface area contributed by atoms with Crippen LogP contribution in [0.1, 0.15) is 23.2 Å². The normalized spacial score (nSPS) is 11.1. The molecule has 0 spiro atoms. The molecule has 0 aliphatic carbocycles. The number of carboxylic acid groups (broad SMARTS) is 1. The van der Waals surface area contributed by atoms with Crippen molar-refractivity contribution in [3.8, 4) is 11.1 Å². The Bertz CT molecular complexity index is 646. The van der Waals surface area contributed by atoms with E-state index in [4.69, 9.17) is 10.8 Å². The number of nitrogens with zero attached hydrogens (tertiary/aromatic N) is 1. The lowest BCUT2D eigenvalue weighted by atomic mass is 9.98. The van der Waals surface area contributed by atoms with Gasteiger partial charge in [0.1, 0.15) is 6.04 Å². The molecule has 1 aromatic heterocycles. The van der Waals surface area contributed by atoms with Crippen molar-refractivity contribution in [3.05, 3.63) is 53.3 Å². The Kier molecular flexibility index (Phi) is 8.83. The van der Waals surface area contributed by atoms with Crippen LogP contribution < -0.4 is 5.73 Å². The highest BCUT2D eigenvalue weighted by atomic mass is 35.5. The Labute approximate surface area is 148 Å². The van der Waals surface area contributed by atoms with Gasteiger partial charge in [-0.1, -0.05) is 24.3 Å². The van der Waals surface area contributed by atoms with Crippen molar-refractivity contribution >= 4 is 30.8 Å². The number of aromatic nitrogens is 1. The number of hydrogen-bond donors (Lipinski definition) is 2. The first-order chi connectivity index (χ1) is 9.99. The minimum Gasteiger partial charge on any atom is -0.480 e. The highest BCUT2D eigenvalue weighted by Gasteiger charge is 2.11. The number of benzene rings is 1. The molecule has 0 saturated heterocycles. The van der Waals surface area contributed by atoms with E-state index >= 15 is 0 Å². The maximum Gasteiger partial charge on any atom is 0.320 e. The molecule has 0 amide bonds. The molecule has 6 heteroatoms. The molecule has 0 bridgehead atoms. The first-order valence-corrected chi connectivity index (χ1v) is 6.99. The summed E-state index contributed by atoms with van der Waals surface area (Å²) in [7, 11) is 0. The fourth-order valence-electron chi connectivity index (χ4n) is 2.25. The van der Waals surface area contributed by atoms with Crippen LogP contribution in [0.4, 0.5) is 0 Å². The van der Waals surface area contributed by atoms with Crippen LogP contribution in [0.5, 0.6) is 0 Å². The first kappa shape index (κ1) is 21.4. The molecular weight excluding hydrogens is 335 g/mol. The standard InChI is InChI=1S/C17H20N2O2.2ClH/c1-11-12(2)19-10-9-15(11)14-6-3-13(4-7-14)5-8-16(18)17(20)21;;/h3-4,6-7,9-10,16H,5,8,18H2,1-2H3,(H,20,21);2*1H/t16-;;/m0../s1. The number of carboxylic acids is 1. The van der Waals surface area contributed by atoms with E-state index < -0.39 is 12.0 Å². The molecule has 0 aliphatic heterocycles. The van der Waals surface area contributed by atoms with Gasteiger partial charge in [0.2, 0.25) is 0 Å². The fraction of sp³-hybridized carbons (Fsp3) is 0.294. The number of rotatable bonds is 5. The van der Waals surface area contributed by atoms with E-state index in [1.54, 1.807) is 0 Å². The van der Waals surface area contributed by atoms with Crippen LogP contribution in [0.3, 0.4) is 0 Å². The maximum absolute atomic E-state index is 10.7. The largest absolute Gasteiger partial charge is 0.480 e. The van der Waals surface area contributed by atoms with Crippen LogP contribution in [0.2, 0.25) is 0 Å². The van der Waals surface area contributed by atoms with Gasteiger partial charge in [0.05, 0.1) is 0 Å². The van der Waals surface area contributed by atoms with Gasteiger partial charge in [-0.3, -0.25) is 9.78 Å². The predicted octanol–water partition coefficient (Wildman–Crippen LogP) is 3.55. The number of aliphatic carboxylic acids is 1. The van der Waals surface area contributed by atoms with Crippen LogP contribution in [0.15, 0.2) is 36.5 Å². The molecule has 0 aliphatic rings. The van der Waals surface area contributed by atoms with Crippen LogP contribution in [-0.4, -0.2) is 22.1 Å². The zero-order chi connectivity index (χ0) is 15.4. The average molecular weight is 357 g/mol. The Morgan fingerprint density at radius 2 is 1.78 bits per heavy atom. The summed E-state index contributed by atoms with van der Waals surface area (Å²) in [5.74, 6) is -0.950. The topological polar surface area (TPSA) is 76.2 Å². The summed E-state index contributed by atoms with van der Waals surface area (Å²) in [6.45, 7) is 4.07. The zero-order valence-corrected chi connectivity index (χ0v) is 14.8. The summed E-state index contributed by atoms with van der Waals surface area (Å²) in [4.78, 5) is 15.0. The van der Waals surface area contributed by atoms with Gasteiger partial charge in [0.15, 0.2) is 0 Å². The van der Waals surface area contributed by atoms with E-state index in [1.165, 1.54) is 11.1 Å². The smallest absolute Gasteiger partial charge is 0.320 e. The molecule has 1 heterocycles. The molecule has 2 aromatic rings. The van der Waals surface area contributed by atoms with E-state index in [-0.39, 0.29) is 24.8 Å². The van der Waals surface area contributed by atoms with Gasteiger partial charge in [-0.25, -0.2) is 0 Å². The maximum atomic E-state index is 10.7. The molecule has 0 unspecified atom stereocenters. The van der Waals surface area contributed by atoms with Crippen molar-refractivity contribution in [2.45, 2.75) is 32.7 Å². The molecule has 2 rings (SSSR count). The first-order valence-electron chi connectivity index (χ1n) is 6.99. The lowest BCUT2D eigenvalue weighted by molar-refractivity contribution is -0.138. The highest BCUT2D eigenvalue weighted by Crippen LogP contribution is 2.24. The van der Waals surface area contributed by atoms with Crippen LogP contribution in [-0.2, 0) is 11.2 Å². The molecule has 126 valence electrons. The summed E-state index contributed by atoms with van der Waals surface area (Å²) >= 11 is 0. The third-order valence-electron chi connectivity index (χ3n) is 3.78. The zero-order valence-electron chi connectivity index (χ0n) is 13.2. The van der Waals surface area contributed by atoms with E-state index in [0.29, 0.717) is 12.8 Å².